The quantitative estimate of drug-likeness (QED) is 0.908. The molecule has 1 heterocycles. The van der Waals surface area contributed by atoms with E-state index in [9.17, 15) is 0 Å². The van der Waals surface area contributed by atoms with E-state index in [2.05, 4.69) is 40.4 Å². The fourth-order valence-corrected chi connectivity index (χ4v) is 4.88. The van der Waals surface area contributed by atoms with Gasteiger partial charge >= 0.3 is 0 Å². The molecule has 2 saturated carbocycles. The van der Waals surface area contributed by atoms with Crippen LogP contribution in [0, 0.1) is 17.8 Å². The highest BCUT2D eigenvalue weighted by molar-refractivity contribution is 9.10. The van der Waals surface area contributed by atoms with Crippen molar-refractivity contribution in [2.24, 2.45) is 17.8 Å². The molecule has 108 valence electrons. The first-order chi connectivity index (χ1) is 9.74. The van der Waals surface area contributed by atoms with Crippen LogP contribution in [-0.4, -0.2) is 19.7 Å². The van der Waals surface area contributed by atoms with Gasteiger partial charge in [0.2, 0.25) is 0 Å². The van der Waals surface area contributed by atoms with Gasteiger partial charge in [-0.1, -0.05) is 15.9 Å². The van der Waals surface area contributed by atoms with Gasteiger partial charge < -0.3 is 10.1 Å². The molecule has 2 fully saturated rings. The maximum Gasteiger partial charge on any atom is 0.125 e. The Balaban J connectivity index is 1.55. The molecular weight excluding hydrogens is 314 g/mol. The van der Waals surface area contributed by atoms with E-state index in [4.69, 9.17) is 4.74 Å². The molecule has 1 aliphatic heterocycles. The molecule has 0 amide bonds. The molecule has 2 nitrogen and oxygen atoms in total. The average Bonchev–Trinajstić information content (AvgIpc) is 2.87. The van der Waals surface area contributed by atoms with Crippen molar-refractivity contribution in [3.63, 3.8) is 0 Å². The second-order valence-electron chi connectivity index (χ2n) is 6.74. The Morgan fingerprint density at radius 1 is 1.30 bits per heavy atom. The number of fused-ring (bicyclic) bond motifs is 2. The van der Waals surface area contributed by atoms with Crippen molar-refractivity contribution < 1.29 is 4.74 Å². The fourth-order valence-electron chi connectivity index (χ4n) is 4.33. The van der Waals surface area contributed by atoms with Gasteiger partial charge in [-0.2, -0.15) is 0 Å². The van der Waals surface area contributed by atoms with E-state index in [1.165, 1.54) is 34.9 Å². The third-order valence-corrected chi connectivity index (χ3v) is 5.94. The molecule has 0 radical (unpaired) electrons. The van der Waals surface area contributed by atoms with Crippen LogP contribution in [0.4, 0.5) is 0 Å². The van der Waals surface area contributed by atoms with Crippen molar-refractivity contribution in [2.75, 3.05) is 13.7 Å². The van der Waals surface area contributed by atoms with E-state index in [1.807, 2.05) is 0 Å². The molecule has 4 rings (SSSR count). The van der Waals surface area contributed by atoms with Crippen molar-refractivity contribution >= 4 is 15.9 Å². The van der Waals surface area contributed by atoms with Crippen LogP contribution in [0.25, 0.3) is 0 Å². The third-order valence-electron chi connectivity index (χ3n) is 5.49. The van der Waals surface area contributed by atoms with Crippen molar-refractivity contribution in [2.45, 2.75) is 38.1 Å². The van der Waals surface area contributed by atoms with Crippen molar-refractivity contribution in [1.29, 1.82) is 0 Å². The standard InChI is InChI=1S/C17H22BrNO/c1-19-16(13-5-11-4-12(11)6-13)9-14-8-15(18)7-10-2-3-20-17(10)14/h7-8,11-13,16,19H,2-6,9H2,1H3. The summed E-state index contributed by atoms with van der Waals surface area (Å²) in [5, 5.41) is 3.57. The Morgan fingerprint density at radius 2 is 2.10 bits per heavy atom. The SMILES string of the molecule is CNC(Cc1cc(Br)cc2c1OCC2)C1CC2CC2C1. The minimum atomic E-state index is 0.602. The summed E-state index contributed by atoms with van der Waals surface area (Å²) in [7, 11) is 2.12. The smallest absolute Gasteiger partial charge is 0.125 e. The van der Waals surface area contributed by atoms with Crippen molar-refractivity contribution in [3.05, 3.63) is 27.7 Å². The van der Waals surface area contributed by atoms with E-state index in [-0.39, 0.29) is 0 Å². The minimum Gasteiger partial charge on any atom is -0.493 e. The summed E-state index contributed by atoms with van der Waals surface area (Å²) in [6.45, 7) is 0.844. The molecule has 3 heteroatoms. The molecule has 3 aliphatic rings. The number of hydrogen-bond donors (Lipinski definition) is 1. The number of benzene rings is 1. The first-order valence-electron chi connectivity index (χ1n) is 7.86. The largest absolute Gasteiger partial charge is 0.493 e. The second-order valence-corrected chi connectivity index (χ2v) is 7.65. The molecule has 1 aromatic carbocycles. The molecule has 2 aliphatic carbocycles. The first kappa shape index (κ1) is 13.1. The number of nitrogens with one attached hydrogen (secondary N) is 1. The zero-order chi connectivity index (χ0) is 13.7. The van der Waals surface area contributed by atoms with Crippen LogP contribution < -0.4 is 10.1 Å². The maximum absolute atomic E-state index is 5.87. The summed E-state index contributed by atoms with van der Waals surface area (Å²) >= 11 is 3.65. The topological polar surface area (TPSA) is 21.3 Å². The summed E-state index contributed by atoms with van der Waals surface area (Å²) in [6, 6.07) is 5.07. The molecule has 0 bridgehead atoms. The third kappa shape index (κ3) is 2.29. The molecule has 1 aromatic rings. The van der Waals surface area contributed by atoms with Gasteiger partial charge in [-0.15, -0.1) is 0 Å². The summed E-state index contributed by atoms with van der Waals surface area (Å²) in [4.78, 5) is 0. The lowest BCUT2D eigenvalue weighted by molar-refractivity contribution is 0.332. The van der Waals surface area contributed by atoms with Crippen molar-refractivity contribution in [3.8, 4) is 5.75 Å². The van der Waals surface area contributed by atoms with Gasteiger partial charge in [0.25, 0.3) is 0 Å². The monoisotopic (exact) mass is 335 g/mol. The van der Waals surface area contributed by atoms with Crippen LogP contribution in [0.5, 0.6) is 5.75 Å². The lowest BCUT2D eigenvalue weighted by Gasteiger charge is -2.25. The van der Waals surface area contributed by atoms with Crippen LogP contribution in [-0.2, 0) is 12.8 Å². The molecule has 0 aromatic heterocycles. The summed E-state index contributed by atoms with van der Waals surface area (Å²) in [6.07, 6.45) is 6.53. The van der Waals surface area contributed by atoms with Gasteiger partial charge in [0.1, 0.15) is 5.75 Å². The van der Waals surface area contributed by atoms with E-state index < -0.39 is 0 Å². The van der Waals surface area contributed by atoms with Crippen LogP contribution in [0.1, 0.15) is 30.4 Å². The second kappa shape index (κ2) is 5.03. The summed E-state index contributed by atoms with van der Waals surface area (Å²) in [5.41, 5.74) is 2.75. The Bertz CT molecular complexity index is 520. The van der Waals surface area contributed by atoms with Crippen LogP contribution in [0.2, 0.25) is 0 Å². The van der Waals surface area contributed by atoms with Crippen molar-refractivity contribution in [1.82, 2.24) is 5.32 Å². The van der Waals surface area contributed by atoms with E-state index in [0.29, 0.717) is 6.04 Å². The number of halogens is 1. The number of rotatable bonds is 4. The average molecular weight is 336 g/mol. The van der Waals surface area contributed by atoms with Crippen LogP contribution in [0.15, 0.2) is 16.6 Å². The minimum absolute atomic E-state index is 0.602. The van der Waals surface area contributed by atoms with Gasteiger partial charge in [-0.25, -0.2) is 0 Å². The lowest BCUT2D eigenvalue weighted by Crippen LogP contribution is -2.35. The summed E-state index contributed by atoms with van der Waals surface area (Å²) < 4.78 is 7.07. The van der Waals surface area contributed by atoms with E-state index in [0.717, 1.165) is 43.0 Å². The number of ether oxygens (including phenoxy) is 1. The zero-order valence-electron chi connectivity index (χ0n) is 12.0. The van der Waals surface area contributed by atoms with Crippen LogP contribution in [0.3, 0.4) is 0 Å². The molecule has 3 unspecified atom stereocenters. The predicted molar refractivity (Wildman–Crippen MR) is 84.2 cm³/mol. The molecule has 20 heavy (non-hydrogen) atoms. The maximum atomic E-state index is 5.87. The van der Waals surface area contributed by atoms with Gasteiger partial charge in [0.15, 0.2) is 0 Å². The Kier molecular flexibility index (Phi) is 3.30. The van der Waals surface area contributed by atoms with E-state index in [1.54, 1.807) is 0 Å². The lowest BCUT2D eigenvalue weighted by atomic mass is 9.89. The number of hydrogen-bond acceptors (Lipinski definition) is 2. The number of likely N-dealkylation sites (N-methyl/N-ethyl adjacent to an activating group) is 1. The first-order valence-corrected chi connectivity index (χ1v) is 8.65. The van der Waals surface area contributed by atoms with E-state index >= 15 is 0 Å². The van der Waals surface area contributed by atoms with Gasteiger partial charge in [0.05, 0.1) is 6.61 Å². The highest BCUT2D eigenvalue weighted by Gasteiger charge is 2.47. The van der Waals surface area contributed by atoms with Gasteiger partial charge in [-0.3, -0.25) is 0 Å². The highest BCUT2D eigenvalue weighted by Crippen LogP contribution is 2.55. The predicted octanol–water partition coefficient (Wildman–Crippen LogP) is 3.56. The Hall–Kier alpha value is -0.540. The molecule has 0 spiro atoms. The molecule has 0 saturated heterocycles. The fraction of sp³-hybridized carbons (Fsp3) is 0.647. The molecule has 1 N–H and O–H groups in total. The molecule has 3 atom stereocenters. The normalized spacial score (nSPS) is 31.6. The van der Waals surface area contributed by atoms with Crippen LogP contribution >= 0.6 is 15.9 Å². The highest BCUT2D eigenvalue weighted by atomic mass is 79.9. The molecular formula is C17H22BrNO. The van der Waals surface area contributed by atoms with Gasteiger partial charge in [-0.05, 0) is 73.7 Å². The Morgan fingerprint density at radius 3 is 2.85 bits per heavy atom. The van der Waals surface area contributed by atoms with Gasteiger partial charge in [0, 0.05) is 16.9 Å². The zero-order valence-corrected chi connectivity index (χ0v) is 13.6. The Labute approximate surface area is 129 Å². The summed E-state index contributed by atoms with van der Waals surface area (Å²) in [5.74, 6) is 4.14.